The molecule has 0 saturated carbocycles. The first-order chi connectivity index (χ1) is 9.02. The Hall–Kier alpha value is -1.82. The molecule has 1 amide bonds. The number of methoxy groups -OCH3 is 1. The maximum atomic E-state index is 11.8. The lowest BCUT2D eigenvalue weighted by molar-refractivity contribution is -0.131. The van der Waals surface area contributed by atoms with Crippen molar-refractivity contribution in [1.82, 2.24) is 4.90 Å². The van der Waals surface area contributed by atoms with Crippen LogP contribution in [0.25, 0.3) is 0 Å². The molecule has 0 bridgehead atoms. The van der Waals surface area contributed by atoms with Crippen LogP contribution in [0.15, 0.2) is 24.3 Å². The van der Waals surface area contributed by atoms with Gasteiger partial charge in [-0.05, 0) is 12.1 Å². The van der Waals surface area contributed by atoms with Gasteiger partial charge in [0.1, 0.15) is 11.5 Å². The molecular weight excluding hydrogens is 264 g/mol. The minimum Gasteiger partial charge on any atom is -0.497 e. The Kier molecular flexibility index (Phi) is 6.08. The van der Waals surface area contributed by atoms with Gasteiger partial charge >= 0.3 is 0 Å². The van der Waals surface area contributed by atoms with Gasteiger partial charge in [-0.1, -0.05) is 18.3 Å². The molecule has 0 saturated heterocycles. The van der Waals surface area contributed by atoms with Crippen LogP contribution in [0.5, 0.6) is 11.5 Å². The molecule has 0 aliphatic heterocycles. The first-order valence-electron chi connectivity index (χ1n) is 5.82. The van der Waals surface area contributed by atoms with Crippen molar-refractivity contribution in [1.29, 1.82) is 0 Å². The number of likely N-dealkylation sites (N-methyl/N-ethyl adjacent to an activating group) is 1. The summed E-state index contributed by atoms with van der Waals surface area (Å²) in [6.07, 6.45) is 0.511. The quantitative estimate of drug-likeness (QED) is 0.762. The van der Waals surface area contributed by atoms with Crippen LogP contribution in [0.1, 0.15) is 6.42 Å². The van der Waals surface area contributed by atoms with Crippen molar-refractivity contribution in [2.75, 3.05) is 27.3 Å². The van der Waals surface area contributed by atoms with Crippen LogP contribution in [-0.4, -0.2) is 43.1 Å². The molecule has 0 aliphatic carbocycles. The summed E-state index contributed by atoms with van der Waals surface area (Å²) in [7, 11) is 3.27. The second-order valence-corrected chi connectivity index (χ2v) is 4.52. The Morgan fingerprint density at radius 3 is 2.74 bits per heavy atom. The number of carbonyl (C=O) groups is 1. The fourth-order valence-electron chi connectivity index (χ4n) is 1.35. The van der Waals surface area contributed by atoms with Crippen molar-refractivity contribution in [2.45, 2.75) is 6.42 Å². The molecule has 0 heterocycles. The highest BCUT2D eigenvalue weighted by Crippen LogP contribution is 2.18. The van der Waals surface area contributed by atoms with Crippen LogP contribution in [0.4, 0.5) is 0 Å². The molecule has 0 spiro atoms. The number of carbonyl (C=O) groups excluding carboxylic acids is 1. The maximum absolute atomic E-state index is 11.8. The second kappa shape index (κ2) is 7.58. The standard InChI is InChI=1S/C13H18N2O3S/c1-15(7-6-12(14)19)13(16)9-18-11-5-3-4-10(8-11)17-2/h3-5,8H,6-7,9H2,1-2H3,(H2,14,19). The minimum atomic E-state index is -0.126. The number of hydrogen-bond donors (Lipinski definition) is 1. The predicted octanol–water partition coefficient (Wildman–Crippen LogP) is 1.21. The Balaban J connectivity index is 2.42. The monoisotopic (exact) mass is 282 g/mol. The zero-order valence-electron chi connectivity index (χ0n) is 11.1. The van der Waals surface area contributed by atoms with Gasteiger partial charge in [-0.2, -0.15) is 0 Å². The number of nitrogens with zero attached hydrogens (tertiary/aromatic N) is 1. The van der Waals surface area contributed by atoms with E-state index in [4.69, 9.17) is 27.4 Å². The molecule has 0 radical (unpaired) electrons. The van der Waals surface area contributed by atoms with Gasteiger partial charge in [0, 0.05) is 26.1 Å². The number of benzene rings is 1. The molecule has 19 heavy (non-hydrogen) atoms. The normalized spacial score (nSPS) is 9.79. The van der Waals surface area contributed by atoms with Gasteiger partial charge in [-0.25, -0.2) is 0 Å². The molecule has 104 valence electrons. The molecular formula is C13H18N2O3S. The van der Waals surface area contributed by atoms with Gasteiger partial charge in [0.15, 0.2) is 6.61 Å². The third kappa shape index (κ3) is 5.56. The molecule has 0 atom stereocenters. The van der Waals surface area contributed by atoms with E-state index in [0.717, 1.165) is 0 Å². The summed E-state index contributed by atoms with van der Waals surface area (Å²) in [6.45, 7) is 0.469. The van der Waals surface area contributed by atoms with Crippen molar-refractivity contribution in [3.05, 3.63) is 24.3 Å². The van der Waals surface area contributed by atoms with Crippen LogP contribution in [-0.2, 0) is 4.79 Å². The van der Waals surface area contributed by atoms with Crippen LogP contribution in [0.2, 0.25) is 0 Å². The highest BCUT2D eigenvalue weighted by atomic mass is 32.1. The fraction of sp³-hybridized carbons (Fsp3) is 0.385. The molecule has 2 N–H and O–H groups in total. The van der Waals surface area contributed by atoms with E-state index in [1.165, 1.54) is 0 Å². The summed E-state index contributed by atoms with van der Waals surface area (Å²) in [6, 6.07) is 7.10. The lowest BCUT2D eigenvalue weighted by Gasteiger charge is -2.17. The first kappa shape index (κ1) is 15.2. The molecule has 0 aliphatic rings. The minimum absolute atomic E-state index is 0.0268. The third-order valence-electron chi connectivity index (χ3n) is 2.52. The third-order valence-corrected chi connectivity index (χ3v) is 2.73. The average molecular weight is 282 g/mol. The highest BCUT2D eigenvalue weighted by Gasteiger charge is 2.09. The number of hydrogen-bond acceptors (Lipinski definition) is 4. The van der Waals surface area contributed by atoms with Crippen molar-refractivity contribution in [2.24, 2.45) is 5.73 Å². The average Bonchev–Trinajstić information content (AvgIpc) is 2.42. The largest absolute Gasteiger partial charge is 0.497 e. The summed E-state index contributed by atoms with van der Waals surface area (Å²) in [4.78, 5) is 13.7. The lowest BCUT2D eigenvalue weighted by Crippen LogP contribution is -2.33. The van der Waals surface area contributed by atoms with E-state index in [1.54, 1.807) is 37.3 Å². The van der Waals surface area contributed by atoms with E-state index < -0.39 is 0 Å². The van der Waals surface area contributed by atoms with Crippen LogP contribution in [0, 0.1) is 0 Å². The van der Waals surface area contributed by atoms with Crippen molar-refractivity contribution < 1.29 is 14.3 Å². The van der Waals surface area contributed by atoms with E-state index in [-0.39, 0.29) is 12.5 Å². The van der Waals surface area contributed by atoms with Crippen molar-refractivity contribution >= 4 is 23.1 Å². The summed E-state index contributed by atoms with van der Waals surface area (Å²) in [5.74, 6) is 1.15. The molecule has 1 rings (SSSR count). The van der Waals surface area contributed by atoms with Gasteiger partial charge in [0.25, 0.3) is 5.91 Å². The molecule has 1 aromatic rings. The second-order valence-electron chi connectivity index (χ2n) is 4.00. The fourth-order valence-corrected chi connectivity index (χ4v) is 1.44. The SMILES string of the molecule is COc1cccc(OCC(=O)N(C)CCC(N)=S)c1. The first-order valence-corrected chi connectivity index (χ1v) is 6.23. The smallest absolute Gasteiger partial charge is 0.260 e. The molecule has 0 aromatic heterocycles. The van der Waals surface area contributed by atoms with Gasteiger partial charge in [0.2, 0.25) is 0 Å². The van der Waals surface area contributed by atoms with Crippen LogP contribution in [0.3, 0.4) is 0 Å². The zero-order chi connectivity index (χ0) is 14.3. The predicted molar refractivity (Wildman–Crippen MR) is 77.5 cm³/mol. The number of nitrogens with two attached hydrogens (primary N) is 1. The maximum Gasteiger partial charge on any atom is 0.260 e. The molecule has 5 nitrogen and oxygen atoms in total. The van der Waals surface area contributed by atoms with Crippen molar-refractivity contribution in [3.8, 4) is 11.5 Å². The molecule has 0 fully saturated rings. The van der Waals surface area contributed by atoms with Crippen molar-refractivity contribution in [3.63, 3.8) is 0 Å². The summed E-state index contributed by atoms with van der Waals surface area (Å²) in [5, 5.41) is 0. The lowest BCUT2D eigenvalue weighted by atomic mass is 10.3. The van der Waals surface area contributed by atoms with Crippen LogP contribution < -0.4 is 15.2 Å². The number of amides is 1. The van der Waals surface area contributed by atoms with Gasteiger partial charge in [-0.15, -0.1) is 0 Å². The zero-order valence-corrected chi connectivity index (χ0v) is 11.9. The van der Waals surface area contributed by atoms with E-state index in [1.807, 2.05) is 6.07 Å². The number of rotatable bonds is 7. The molecule has 0 unspecified atom stereocenters. The highest BCUT2D eigenvalue weighted by molar-refractivity contribution is 7.80. The Bertz CT molecular complexity index is 451. The Morgan fingerprint density at radius 1 is 1.42 bits per heavy atom. The van der Waals surface area contributed by atoms with E-state index in [2.05, 4.69) is 0 Å². The molecule has 6 heteroatoms. The topological polar surface area (TPSA) is 64.8 Å². The summed E-state index contributed by atoms with van der Waals surface area (Å²) < 4.78 is 10.5. The molecule has 1 aromatic carbocycles. The van der Waals surface area contributed by atoms with Gasteiger partial charge in [0.05, 0.1) is 12.1 Å². The van der Waals surface area contributed by atoms with E-state index in [9.17, 15) is 4.79 Å². The summed E-state index contributed by atoms with van der Waals surface area (Å²) >= 11 is 4.76. The van der Waals surface area contributed by atoms with Crippen LogP contribution >= 0.6 is 12.2 Å². The van der Waals surface area contributed by atoms with E-state index >= 15 is 0 Å². The van der Waals surface area contributed by atoms with E-state index in [0.29, 0.717) is 29.5 Å². The van der Waals surface area contributed by atoms with Gasteiger partial charge < -0.3 is 20.1 Å². The number of thiocarbonyl (C=S) groups is 1. The Morgan fingerprint density at radius 2 is 2.11 bits per heavy atom. The Labute approximate surface area is 118 Å². The van der Waals surface area contributed by atoms with Gasteiger partial charge in [-0.3, -0.25) is 4.79 Å². The number of ether oxygens (including phenoxy) is 2. The summed E-state index contributed by atoms with van der Waals surface area (Å²) in [5.41, 5.74) is 5.39.